The zero-order valence-electron chi connectivity index (χ0n) is 13.7. The van der Waals surface area contributed by atoms with Crippen LogP contribution in [0, 0.1) is 0 Å². The lowest BCUT2D eigenvalue weighted by atomic mass is 10.0. The third-order valence-electron chi connectivity index (χ3n) is 4.11. The molecule has 0 aromatic heterocycles. The fraction of sp³-hybridized carbons (Fsp3) is 0.222. The lowest BCUT2D eigenvalue weighted by Crippen LogP contribution is -2.57. The van der Waals surface area contributed by atoms with Crippen molar-refractivity contribution in [2.24, 2.45) is 5.10 Å². The van der Waals surface area contributed by atoms with Crippen molar-refractivity contribution in [3.8, 4) is 0 Å². The van der Waals surface area contributed by atoms with Crippen molar-refractivity contribution in [1.82, 2.24) is 5.01 Å². The molecule has 27 heavy (non-hydrogen) atoms. The minimum absolute atomic E-state index is 0.0898. The fourth-order valence-corrected chi connectivity index (χ4v) is 3.14. The second-order valence-corrected chi connectivity index (χ2v) is 6.87. The Kier molecular flexibility index (Phi) is 5.20. The van der Waals surface area contributed by atoms with Gasteiger partial charge in [-0.25, -0.2) is 0 Å². The molecule has 142 valence electrons. The highest BCUT2D eigenvalue weighted by Crippen LogP contribution is 2.42. The van der Waals surface area contributed by atoms with Crippen molar-refractivity contribution in [3.05, 3.63) is 69.7 Å². The van der Waals surface area contributed by atoms with Gasteiger partial charge in [0.1, 0.15) is 0 Å². The normalized spacial score (nSPS) is 19.9. The molecule has 1 atom stereocenters. The average Bonchev–Trinajstić information content (AvgIpc) is 2.97. The number of rotatable bonds is 3. The lowest BCUT2D eigenvalue weighted by Gasteiger charge is -2.32. The van der Waals surface area contributed by atoms with Crippen LogP contribution in [0.15, 0.2) is 53.6 Å². The Hall–Kier alpha value is -2.09. The number of carbonyl (C=O) groups is 1. The van der Waals surface area contributed by atoms with E-state index in [-0.39, 0.29) is 32.8 Å². The Morgan fingerprint density at radius 2 is 1.85 bits per heavy atom. The summed E-state index contributed by atoms with van der Waals surface area (Å²) in [7, 11) is 0. The van der Waals surface area contributed by atoms with E-state index in [4.69, 9.17) is 23.2 Å². The maximum Gasteiger partial charge on any atom is 0.438 e. The first-order valence-corrected chi connectivity index (χ1v) is 8.56. The Labute approximate surface area is 162 Å². The number of aliphatic hydroxyl groups is 1. The molecule has 1 N–H and O–H groups in total. The van der Waals surface area contributed by atoms with Gasteiger partial charge in [0.05, 0.1) is 18.6 Å². The van der Waals surface area contributed by atoms with Gasteiger partial charge in [-0.05, 0) is 23.8 Å². The van der Waals surface area contributed by atoms with Crippen molar-refractivity contribution in [2.75, 3.05) is 0 Å². The number of alkyl halides is 3. The van der Waals surface area contributed by atoms with Crippen LogP contribution < -0.4 is 0 Å². The predicted octanol–water partition coefficient (Wildman–Crippen LogP) is 4.42. The van der Waals surface area contributed by atoms with Crippen molar-refractivity contribution >= 4 is 34.8 Å². The van der Waals surface area contributed by atoms with Gasteiger partial charge in [-0.3, -0.25) is 4.79 Å². The number of halogens is 5. The third-order valence-corrected chi connectivity index (χ3v) is 4.68. The summed E-state index contributed by atoms with van der Waals surface area (Å²) >= 11 is 11.9. The molecule has 0 aliphatic carbocycles. The zero-order valence-corrected chi connectivity index (χ0v) is 15.2. The second-order valence-electron chi connectivity index (χ2n) is 6.03. The van der Waals surface area contributed by atoms with Gasteiger partial charge in [0.2, 0.25) is 5.91 Å². The highest BCUT2D eigenvalue weighted by atomic mass is 35.5. The van der Waals surface area contributed by atoms with Crippen molar-refractivity contribution < 1.29 is 23.1 Å². The largest absolute Gasteiger partial charge is 0.438 e. The smallest absolute Gasteiger partial charge is 0.362 e. The van der Waals surface area contributed by atoms with E-state index in [1.165, 1.54) is 18.2 Å². The number of amides is 1. The molecule has 4 nitrogen and oxygen atoms in total. The SMILES string of the molecule is O=C(Cc1ccccc1)N1N=C(c2cc(Cl)ccc2Cl)CC1(O)C(F)(F)F. The van der Waals surface area contributed by atoms with Crippen LogP contribution >= 0.6 is 23.2 Å². The molecule has 0 bridgehead atoms. The van der Waals surface area contributed by atoms with Gasteiger partial charge in [0.15, 0.2) is 0 Å². The minimum atomic E-state index is -5.12. The van der Waals surface area contributed by atoms with Crippen LogP contribution in [0.4, 0.5) is 13.2 Å². The quantitative estimate of drug-likeness (QED) is 0.804. The van der Waals surface area contributed by atoms with Gasteiger partial charge in [-0.15, -0.1) is 0 Å². The van der Waals surface area contributed by atoms with Crippen molar-refractivity contribution in [2.45, 2.75) is 24.7 Å². The summed E-state index contributed by atoms with van der Waals surface area (Å²) in [6, 6.07) is 12.4. The molecule has 9 heteroatoms. The number of nitrogens with zero attached hydrogens (tertiary/aromatic N) is 2. The first-order valence-electron chi connectivity index (χ1n) is 7.81. The highest BCUT2D eigenvalue weighted by molar-refractivity contribution is 6.36. The Bertz CT molecular complexity index is 903. The fourth-order valence-electron chi connectivity index (χ4n) is 2.74. The predicted molar refractivity (Wildman–Crippen MR) is 95.6 cm³/mol. The molecule has 1 unspecified atom stereocenters. The third kappa shape index (κ3) is 3.81. The maximum atomic E-state index is 13.6. The van der Waals surface area contributed by atoms with E-state index in [0.717, 1.165) is 0 Å². The Balaban J connectivity index is 2.00. The summed E-state index contributed by atoms with van der Waals surface area (Å²) in [4.78, 5) is 12.5. The molecule has 0 radical (unpaired) electrons. The molecule has 1 aliphatic rings. The molecule has 0 spiro atoms. The van der Waals surface area contributed by atoms with E-state index >= 15 is 0 Å². The standard InChI is InChI=1S/C18H13Cl2F3N2O2/c19-12-6-7-14(20)13(9-12)15-10-17(27,18(21,22)23)25(24-15)16(26)8-11-4-2-1-3-5-11/h1-7,9,27H,8,10H2. The van der Waals surface area contributed by atoms with Gasteiger partial charge >= 0.3 is 6.18 Å². The summed E-state index contributed by atoms with van der Waals surface area (Å²) in [5.74, 6) is -0.992. The average molecular weight is 417 g/mol. The number of hydrogen-bond donors (Lipinski definition) is 1. The van der Waals surface area contributed by atoms with Crippen LogP contribution in [-0.2, 0) is 11.2 Å². The molecule has 0 saturated heterocycles. The summed E-state index contributed by atoms with van der Waals surface area (Å²) in [6.45, 7) is 0. The number of benzene rings is 2. The van der Waals surface area contributed by atoms with Gasteiger partial charge in [0.25, 0.3) is 5.72 Å². The van der Waals surface area contributed by atoms with E-state index in [9.17, 15) is 23.1 Å². The molecule has 1 heterocycles. The first kappa shape index (κ1) is 19.7. The highest BCUT2D eigenvalue weighted by Gasteiger charge is 2.63. The van der Waals surface area contributed by atoms with Crippen LogP contribution in [0.25, 0.3) is 0 Å². The molecule has 2 aromatic carbocycles. The van der Waals surface area contributed by atoms with E-state index in [0.29, 0.717) is 5.56 Å². The number of hydrazone groups is 1. The molecular weight excluding hydrogens is 404 g/mol. The monoisotopic (exact) mass is 416 g/mol. The van der Waals surface area contributed by atoms with E-state index < -0.39 is 24.2 Å². The van der Waals surface area contributed by atoms with Crippen molar-refractivity contribution in [1.29, 1.82) is 0 Å². The molecule has 0 saturated carbocycles. The summed E-state index contributed by atoms with van der Waals surface area (Å²) in [6.07, 6.45) is -6.41. The summed E-state index contributed by atoms with van der Waals surface area (Å²) in [5.41, 5.74) is -3.01. The van der Waals surface area contributed by atoms with Gasteiger partial charge in [-0.2, -0.15) is 23.3 Å². The van der Waals surface area contributed by atoms with Crippen LogP contribution in [0.5, 0.6) is 0 Å². The molecule has 1 amide bonds. The van der Waals surface area contributed by atoms with Crippen LogP contribution in [-0.4, -0.2) is 33.6 Å². The van der Waals surface area contributed by atoms with Gasteiger partial charge in [0, 0.05) is 15.6 Å². The minimum Gasteiger partial charge on any atom is -0.362 e. The van der Waals surface area contributed by atoms with Crippen LogP contribution in [0.3, 0.4) is 0 Å². The topological polar surface area (TPSA) is 52.9 Å². The van der Waals surface area contributed by atoms with E-state index in [2.05, 4.69) is 5.10 Å². The van der Waals surface area contributed by atoms with Gasteiger partial charge < -0.3 is 5.11 Å². The number of hydrogen-bond acceptors (Lipinski definition) is 3. The molecule has 2 aromatic rings. The lowest BCUT2D eigenvalue weighted by molar-refractivity contribution is -0.302. The zero-order chi connectivity index (χ0) is 19.8. The Morgan fingerprint density at radius 1 is 1.19 bits per heavy atom. The summed E-state index contributed by atoms with van der Waals surface area (Å²) in [5, 5.41) is 14.5. The van der Waals surface area contributed by atoms with Gasteiger partial charge in [-0.1, -0.05) is 53.5 Å². The molecule has 1 aliphatic heterocycles. The molecule has 3 rings (SSSR count). The second kappa shape index (κ2) is 7.14. The van der Waals surface area contributed by atoms with Crippen LogP contribution in [0.2, 0.25) is 10.0 Å². The van der Waals surface area contributed by atoms with E-state index in [1.807, 2.05) is 0 Å². The molecular formula is C18H13Cl2F3N2O2. The van der Waals surface area contributed by atoms with Crippen molar-refractivity contribution in [3.63, 3.8) is 0 Å². The summed E-state index contributed by atoms with van der Waals surface area (Å²) < 4.78 is 40.8. The maximum absolute atomic E-state index is 13.6. The Morgan fingerprint density at radius 3 is 2.48 bits per heavy atom. The van der Waals surface area contributed by atoms with Crippen LogP contribution in [0.1, 0.15) is 17.5 Å². The number of carbonyl (C=O) groups excluding carboxylic acids is 1. The van der Waals surface area contributed by atoms with E-state index in [1.54, 1.807) is 30.3 Å². The first-order chi connectivity index (χ1) is 12.6. The molecule has 0 fully saturated rings.